The van der Waals surface area contributed by atoms with Gasteiger partial charge in [0.15, 0.2) is 5.16 Å². The van der Waals surface area contributed by atoms with Gasteiger partial charge in [-0.2, -0.15) is 0 Å². The van der Waals surface area contributed by atoms with E-state index in [0.29, 0.717) is 22.3 Å². The third kappa shape index (κ3) is 4.78. The average molecular weight is 463 g/mol. The number of ether oxygens (including phenoxy) is 1. The largest absolute Gasteiger partial charge is 0.465 e. The molecule has 33 heavy (non-hydrogen) atoms. The van der Waals surface area contributed by atoms with Gasteiger partial charge in [-0.1, -0.05) is 36.0 Å². The van der Waals surface area contributed by atoms with E-state index in [4.69, 9.17) is 4.74 Å². The third-order valence-electron chi connectivity index (χ3n) is 4.77. The summed E-state index contributed by atoms with van der Waals surface area (Å²) in [5, 5.41) is 3.37. The van der Waals surface area contributed by atoms with Crippen molar-refractivity contribution in [2.75, 3.05) is 18.2 Å². The monoisotopic (exact) mass is 463 g/mol. The number of carbonyl (C=O) groups is 2. The Balaban J connectivity index is 1.64. The maximum absolute atomic E-state index is 13.4. The number of aromatic nitrogens is 2. The number of hydrogen-bond acceptors (Lipinski definition) is 6. The maximum atomic E-state index is 13.4. The van der Waals surface area contributed by atoms with E-state index in [-0.39, 0.29) is 22.0 Å². The Morgan fingerprint density at radius 2 is 1.73 bits per heavy atom. The van der Waals surface area contributed by atoms with Crippen molar-refractivity contribution in [3.63, 3.8) is 0 Å². The van der Waals surface area contributed by atoms with E-state index >= 15 is 0 Å². The van der Waals surface area contributed by atoms with Crippen LogP contribution in [-0.2, 0) is 9.53 Å². The molecule has 7 nitrogen and oxygen atoms in total. The predicted molar refractivity (Wildman–Crippen MR) is 124 cm³/mol. The fraction of sp³-hybridized carbons (Fsp3) is 0.0833. The summed E-state index contributed by atoms with van der Waals surface area (Å²) in [5.41, 5.74) is 1.13. The number of methoxy groups -OCH3 is 1. The van der Waals surface area contributed by atoms with Crippen molar-refractivity contribution in [1.29, 1.82) is 0 Å². The number of hydrogen-bond donors (Lipinski definition) is 1. The lowest BCUT2D eigenvalue weighted by molar-refractivity contribution is -0.113. The summed E-state index contributed by atoms with van der Waals surface area (Å²) in [5.74, 6) is -1.48. The second-order valence-corrected chi connectivity index (χ2v) is 7.85. The van der Waals surface area contributed by atoms with Crippen LogP contribution in [0.3, 0.4) is 0 Å². The van der Waals surface area contributed by atoms with Crippen molar-refractivity contribution in [3.8, 4) is 5.69 Å². The first-order chi connectivity index (χ1) is 16.0. The lowest BCUT2D eigenvalue weighted by Crippen LogP contribution is -2.23. The van der Waals surface area contributed by atoms with Crippen LogP contribution < -0.4 is 10.9 Å². The van der Waals surface area contributed by atoms with Crippen molar-refractivity contribution in [2.45, 2.75) is 5.16 Å². The highest BCUT2D eigenvalue weighted by atomic mass is 32.2. The van der Waals surface area contributed by atoms with Gasteiger partial charge < -0.3 is 10.1 Å². The number of fused-ring (bicyclic) bond motifs is 1. The minimum Gasteiger partial charge on any atom is -0.465 e. The highest BCUT2D eigenvalue weighted by Gasteiger charge is 2.17. The van der Waals surface area contributed by atoms with Crippen LogP contribution >= 0.6 is 11.8 Å². The van der Waals surface area contributed by atoms with E-state index in [1.807, 2.05) is 0 Å². The molecule has 3 aromatic carbocycles. The van der Waals surface area contributed by atoms with Gasteiger partial charge in [-0.05, 0) is 48.5 Å². The van der Waals surface area contributed by atoms with Crippen molar-refractivity contribution >= 4 is 40.2 Å². The topological polar surface area (TPSA) is 90.3 Å². The number of anilines is 1. The van der Waals surface area contributed by atoms with Crippen molar-refractivity contribution in [3.05, 3.63) is 94.5 Å². The number of thioether (sulfide) groups is 1. The van der Waals surface area contributed by atoms with Gasteiger partial charge in [-0.15, -0.1) is 0 Å². The quantitative estimate of drug-likeness (QED) is 0.264. The number of halogens is 1. The summed E-state index contributed by atoms with van der Waals surface area (Å²) in [6.45, 7) is 0. The molecule has 1 N–H and O–H groups in total. The molecule has 0 aliphatic heterocycles. The lowest BCUT2D eigenvalue weighted by Gasteiger charge is -2.14. The van der Waals surface area contributed by atoms with Gasteiger partial charge in [0.2, 0.25) is 5.91 Å². The summed E-state index contributed by atoms with van der Waals surface area (Å²) >= 11 is 1.05. The Hall–Kier alpha value is -3.98. The van der Waals surface area contributed by atoms with Gasteiger partial charge in [0.05, 0.1) is 40.7 Å². The van der Waals surface area contributed by atoms with Gasteiger partial charge >= 0.3 is 5.97 Å². The molecule has 0 spiro atoms. The minimum absolute atomic E-state index is 0.0819. The summed E-state index contributed by atoms with van der Waals surface area (Å²) in [4.78, 5) is 42.3. The van der Waals surface area contributed by atoms with Crippen LogP contribution in [-0.4, -0.2) is 34.3 Å². The Labute approximate surface area is 192 Å². The first-order valence-electron chi connectivity index (χ1n) is 9.85. The molecule has 0 aliphatic carbocycles. The molecule has 0 unspecified atom stereocenters. The molecule has 0 bridgehead atoms. The number of carbonyl (C=O) groups excluding carboxylic acids is 2. The Bertz CT molecular complexity index is 1400. The number of nitrogens with zero attached hydrogens (tertiary/aromatic N) is 2. The molecular weight excluding hydrogens is 445 g/mol. The molecule has 4 rings (SSSR count). The number of para-hydroxylation sites is 2. The lowest BCUT2D eigenvalue weighted by atomic mass is 10.2. The molecule has 0 radical (unpaired) electrons. The van der Waals surface area contributed by atoms with E-state index in [2.05, 4.69) is 10.3 Å². The Morgan fingerprint density at radius 3 is 2.48 bits per heavy atom. The second-order valence-electron chi connectivity index (χ2n) is 6.90. The maximum Gasteiger partial charge on any atom is 0.339 e. The molecule has 0 saturated heterocycles. The normalized spacial score (nSPS) is 10.7. The van der Waals surface area contributed by atoms with Gasteiger partial charge in [0, 0.05) is 0 Å². The summed E-state index contributed by atoms with van der Waals surface area (Å²) in [6, 6.07) is 18.8. The Kier molecular flexibility index (Phi) is 6.50. The van der Waals surface area contributed by atoms with E-state index in [9.17, 15) is 18.8 Å². The summed E-state index contributed by atoms with van der Waals surface area (Å²) < 4.78 is 19.5. The van der Waals surface area contributed by atoms with Crippen LogP contribution in [0.25, 0.3) is 16.6 Å². The van der Waals surface area contributed by atoms with Crippen molar-refractivity contribution in [1.82, 2.24) is 9.55 Å². The zero-order valence-electron chi connectivity index (χ0n) is 17.4. The van der Waals surface area contributed by atoms with Crippen LogP contribution in [0.2, 0.25) is 0 Å². The predicted octanol–water partition coefficient (Wildman–Crippen LogP) is 4.04. The van der Waals surface area contributed by atoms with E-state index < -0.39 is 17.7 Å². The van der Waals surface area contributed by atoms with Crippen LogP contribution in [0.1, 0.15) is 10.4 Å². The van der Waals surface area contributed by atoms with Crippen LogP contribution in [0.15, 0.2) is 82.7 Å². The third-order valence-corrected chi connectivity index (χ3v) is 5.71. The first kappa shape index (κ1) is 22.2. The molecule has 0 fully saturated rings. The molecule has 0 atom stereocenters. The molecule has 4 aromatic rings. The average Bonchev–Trinajstić information content (AvgIpc) is 2.83. The smallest absolute Gasteiger partial charge is 0.339 e. The molecule has 9 heteroatoms. The molecule has 0 aliphatic rings. The van der Waals surface area contributed by atoms with Crippen LogP contribution in [0.5, 0.6) is 0 Å². The molecule has 166 valence electrons. The van der Waals surface area contributed by atoms with Crippen molar-refractivity contribution < 1.29 is 18.7 Å². The zero-order chi connectivity index (χ0) is 23.4. The highest BCUT2D eigenvalue weighted by Crippen LogP contribution is 2.23. The fourth-order valence-electron chi connectivity index (χ4n) is 3.22. The van der Waals surface area contributed by atoms with E-state index in [0.717, 1.165) is 11.8 Å². The van der Waals surface area contributed by atoms with Gasteiger partial charge in [0.1, 0.15) is 5.82 Å². The number of benzene rings is 3. The highest BCUT2D eigenvalue weighted by molar-refractivity contribution is 7.99. The standard InChI is InChI=1S/C24H18FN3O4S/c1-32-23(31)18-7-3-5-9-20(18)26-21(29)14-33-24-27-19-8-4-2-6-17(19)22(30)28(24)16-12-10-15(25)11-13-16/h2-13H,14H2,1H3,(H,26,29). The molecule has 1 heterocycles. The molecule has 1 amide bonds. The van der Waals surface area contributed by atoms with Crippen molar-refractivity contribution in [2.24, 2.45) is 0 Å². The summed E-state index contributed by atoms with van der Waals surface area (Å²) in [7, 11) is 1.26. The molecular formula is C24H18FN3O4S. The fourth-order valence-corrected chi connectivity index (χ4v) is 4.04. The number of nitrogens with one attached hydrogen (secondary N) is 1. The first-order valence-corrected chi connectivity index (χ1v) is 10.8. The minimum atomic E-state index is -0.570. The number of rotatable bonds is 6. The van der Waals surface area contributed by atoms with E-state index in [1.165, 1.54) is 35.9 Å². The number of amides is 1. The van der Waals surface area contributed by atoms with E-state index in [1.54, 1.807) is 48.5 Å². The molecule has 1 aromatic heterocycles. The van der Waals surface area contributed by atoms with Crippen LogP contribution in [0, 0.1) is 5.82 Å². The van der Waals surface area contributed by atoms with Gasteiger partial charge in [-0.3, -0.25) is 14.2 Å². The second kappa shape index (κ2) is 9.66. The zero-order valence-corrected chi connectivity index (χ0v) is 18.3. The van der Waals surface area contributed by atoms with Crippen LogP contribution in [0.4, 0.5) is 10.1 Å². The van der Waals surface area contributed by atoms with Gasteiger partial charge in [-0.25, -0.2) is 14.2 Å². The number of esters is 1. The SMILES string of the molecule is COC(=O)c1ccccc1NC(=O)CSc1nc2ccccc2c(=O)n1-c1ccc(F)cc1. The summed E-state index contributed by atoms with van der Waals surface area (Å²) in [6.07, 6.45) is 0. The van der Waals surface area contributed by atoms with Gasteiger partial charge in [0.25, 0.3) is 5.56 Å². The Morgan fingerprint density at radius 1 is 1.03 bits per heavy atom. The molecule has 0 saturated carbocycles.